The van der Waals surface area contributed by atoms with Gasteiger partial charge in [0.1, 0.15) is 11.5 Å². The standard InChI is InChI=1S/C18H26N4O3/c19-18(24)12-9-17(23)22(10-12)13-5-7-21(8-6-13)11-15-14-3-1-2-4-16(14)25-20-15/h12-13H,1-11H2,(H2,19,24). The number of hydrogen-bond donors (Lipinski definition) is 1. The van der Waals surface area contributed by atoms with Gasteiger partial charge in [-0.2, -0.15) is 0 Å². The van der Waals surface area contributed by atoms with Crippen molar-refractivity contribution in [2.75, 3.05) is 19.6 Å². The van der Waals surface area contributed by atoms with Gasteiger partial charge in [-0.05, 0) is 32.1 Å². The van der Waals surface area contributed by atoms with Crippen LogP contribution in [0.4, 0.5) is 0 Å². The number of nitrogens with two attached hydrogens (primary N) is 1. The van der Waals surface area contributed by atoms with Crippen molar-refractivity contribution in [2.45, 2.75) is 57.5 Å². The maximum Gasteiger partial charge on any atom is 0.223 e. The first-order valence-corrected chi connectivity index (χ1v) is 9.39. The highest BCUT2D eigenvalue weighted by Crippen LogP contribution is 2.28. The SMILES string of the molecule is NC(=O)C1CC(=O)N(C2CCN(Cc3noc4c3CCCC4)CC2)C1. The molecular weight excluding hydrogens is 320 g/mol. The first kappa shape index (κ1) is 16.6. The van der Waals surface area contributed by atoms with Crippen molar-refractivity contribution in [3.8, 4) is 0 Å². The summed E-state index contributed by atoms with van der Waals surface area (Å²) >= 11 is 0. The average molecular weight is 346 g/mol. The maximum absolute atomic E-state index is 12.2. The molecule has 1 unspecified atom stereocenters. The van der Waals surface area contributed by atoms with E-state index in [1.807, 2.05) is 4.90 Å². The largest absolute Gasteiger partial charge is 0.369 e. The van der Waals surface area contributed by atoms with E-state index in [0.717, 1.165) is 56.8 Å². The molecule has 2 N–H and O–H groups in total. The Bertz CT molecular complexity index is 663. The van der Waals surface area contributed by atoms with E-state index in [0.29, 0.717) is 6.54 Å². The number of carbonyl (C=O) groups is 2. The van der Waals surface area contributed by atoms with Gasteiger partial charge in [0.05, 0.1) is 5.92 Å². The minimum Gasteiger partial charge on any atom is -0.369 e. The fourth-order valence-corrected chi connectivity index (χ4v) is 4.45. The second kappa shape index (κ2) is 6.78. The minimum atomic E-state index is -0.357. The normalized spacial score (nSPS) is 25.4. The predicted octanol–water partition coefficient (Wildman–Crippen LogP) is 0.852. The van der Waals surface area contributed by atoms with Crippen molar-refractivity contribution in [3.63, 3.8) is 0 Å². The molecule has 4 rings (SSSR count). The zero-order chi connectivity index (χ0) is 17.4. The van der Waals surface area contributed by atoms with E-state index in [1.54, 1.807) is 0 Å². The fraction of sp³-hybridized carbons (Fsp3) is 0.722. The molecule has 7 heteroatoms. The monoisotopic (exact) mass is 346 g/mol. The Balaban J connectivity index is 1.32. The summed E-state index contributed by atoms with van der Waals surface area (Å²) in [7, 11) is 0. The van der Waals surface area contributed by atoms with Gasteiger partial charge in [-0.3, -0.25) is 14.5 Å². The highest BCUT2D eigenvalue weighted by molar-refractivity contribution is 5.88. The van der Waals surface area contributed by atoms with E-state index in [4.69, 9.17) is 10.3 Å². The van der Waals surface area contributed by atoms with E-state index in [9.17, 15) is 9.59 Å². The fourth-order valence-electron chi connectivity index (χ4n) is 4.45. The second-order valence-electron chi connectivity index (χ2n) is 7.59. The Labute approximate surface area is 147 Å². The number of aryl methyl sites for hydroxylation is 1. The topological polar surface area (TPSA) is 92.7 Å². The highest BCUT2D eigenvalue weighted by atomic mass is 16.5. The van der Waals surface area contributed by atoms with Crippen molar-refractivity contribution in [1.82, 2.24) is 15.0 Å². The summed E-state index contributed by atoms with van der Waals surface area (Å²) in [4.78, 5) is 27.8. The predicted molar refractivity (Wildman–Crippen MR) is 90.5 cm³/mol. The lowest BCUT2D eigenvalue weighted by atomic mass is 9.96. The summed E-state index contributed by atoms with van der Waals surface area (Å²) in [6, 6.07) is 0.235. The number of hydrogen-bond acceptors (Lipinski definition) is 5. The zero-order valence-electron chi connectivity index (χ0n) is 14.6. The Morgan fingerprint density at radius 3 is 2.72 bits per heavy atom. The van der Waals surface area contributed by atoms with Crippen molar-refractivity contribution >= 4 is 11.8 Å². The molecule has 1 aromatic heterocycles. The molecule has 7 nitrogen and oxygen atoms in total. The van der Waals surface area contributed by atoms with E-state index >= 15 is 0 Å². The number of aromatic nitrogens is 1. The van der Waals surface area contributed by atoms with Gasteiger partial charge in [-0.25, -0.2) is 0 Å². The summed E-state index contributed by atoms with van der Waals surface area (Å²) in [5.41, 5.74) is 7.79. The van der Waals surface area contributed by atoms with Crippen molar-refractivity contribution in [3.05, 3.63) is 17.0 Å². The van der Waals surface area contributed by atoms with Gasteiger partial charge in [0.2, 0.25) is 11.8 Å². The van der Waals surface area contributed by atoms with Gasteiger partial charge in [-0.1, -0.05) is 5.16 Å². The summed E-state index contributed by atoms with van der Waals surface area (Å²) in [5.74, 6) is 0.486. The van der Waals surface area contributed by atoms with Gasteiger partial charge in [0.15, 0.2) is 0 Å². The van der Waals surface area contributed by atoms with Crippen LogP contribution in [-0.4, -0.2) is 52.4 Å². The van der Waals surface area contributed by atoms with Crippen LogP contribution < -0.4 is 5.73 Å². The summed E-state index contributed by atoms with van der Waals surface area (Å²) in [5, 5.41) is 4.30. The molecule has 0 spiro atoms. The summed E-state index contributed by atoms with van der Waals surface area (Å²) in [6.07, 6.45) is 6.68. The third kappa shape index (κ3) is 3.29. The van der Waals surface area contributed by atoms with Crippen LogP contribution in [0, 0.1) is 5.92 Å². The number of primary amides is 1. The van der Waals surface area contributed by atoms with Gasteiger partial charge in [-0.15, -0.1) is 0 Å². The van der Waals surface area contributed by atoms with E-state index < -0.39 is 0 Å². The number of rotatable bonds is 4. The Kier molecular flexibility index (Phi) is 4.50. The highest BCUT2D eigenvalue weighted by Gasteiger charge is 2.38. The molecule has 2 aliphatic heterocycles. The summed E-state index contributed by atoms with van der Waals surface area (Å²) in [6.45, 7) is 3.22. The van der Waals surface area contributed by atoms with Gasteiger partial charge >= 0.3 is 0 Å². The zero-order valence-corrected chi connectivity index (χ0v) is 14.6. The molecule has 1 aliphatic carbocycles. The molecular formula is C18H26N4O3. The lowest BCUT2D eigenvalue weighted by Crippen LogP contribution is -2.45. The lowest BCUT2D eigenvalue weighted by Gasteiger charge is -2.36. The molecule has 0 saturated carbocycles. The van der Waals surface area contributed by atoms with Crippen LogP contribution in [0.2, 0.25) is 0 Å². The maximum atomic E-state index is 12.2. The minimum absolute atomic E-state index is 0.0767. The van der Waals surface area contributed by atoms with Gasteiger partial charge in [0, 0.05) is 50.6 Å². The van der Waals surface area contributed by atoms with Crippen molar-refractivity contribution in [2.24, 2.45) is 11.7 Å². The van der Waals surface area contributed by atoms with Crippen LogP contribution in [0.15, 0.2) is 4.52 Å². The first-order valence-electron chi connectivity index (χ1n) is 9.39. The molecule has 2 fully saturated rings. The molecule has 3 heterocycles. The van der Waals surface area contributed by atoms with Crippen LogP contribution in [0.5, 0.6) is 0 Å². The number of fused-ring (bicyclic) bond motifs is 1. The molecule has 25 heavy (non-hydrogen) atoms. The number of amides is 2. The van der Waals surface area contributed by atoms with Gasteiger partial charge in [0.25, 0.3) is 0 Å². The lowest BCUT2D eigenvalue weighted by molar-refractivity contribution is -0.130. The molecule has 2 amide bonds. The first-order chi connectivity index (χ1) is 12.1. The number of likely N-dealkylation sites (tertiary alicyclic amines) is 2. The van der Waals surface area contributed by atoms with Crippen LogP contribution in [0.25, 0.3) is 0 Å². The van der Waals surface area contributed by atoms with Crippen LogP contribution in [-0.2, 0) is 29.0 Å². The molecule has 0 aromatic carbocycles. The van der Waals surface area contributed by atoms with Crippen LogP contribution in [0.3, 0.4) is 0 Å². The van der Waals surface area contributed by atoms with Crippen molar-refractivity contribution < 1.29 is 14.1 Å². The molecule has 0 bridgehead atoms. The van der Waals surface area contributed by atoms with Crippen molar-refractivity contribution in [1.29, 1.82) is 0 Å². The smallest absolute Gasteiger partial charge is 0.223 e. The Morgan fingerprint density at radius 2 is 2.00 bits per heavy atom. The molecule has 1 atom stereocenters. The molecule has 3 aliphatic rings. The van der Waals surface area contributed by atoms with E-state index in [2.05, 4.69) is 10.1 Å². The number of nitrogens with zero attached hydrogens (tertiary/aromatic N) is 3. The Morgan fingerprint density at radius 1 is 1.24 bits per heavy atom. The van der Waals surface area contributed by atoms with E-state index in [1.165, 1.54) is 18.4 Å². The summed E-state index contributed by atoms with van der Waals surface area (Å²) < 4.78 is 5.51. The quantitative estimate of drug-likeness (QED) is 0.872. The molecule has 1 aromatic rings. The third-order valence-electron chi connectivity index (χ3n) is 5.96. The number of piperidine rings is 1. The average Bonchev–Trinajstić information content (AvgIpc) is 3.20. The second-order valence-corrected chi connectivity index (χ2v) is 7.59. The third-order valence-corrected chi connectivity index (χ3v) is 5.96. The number of carbonyl (C=O) groups excluding carboxylic acids is 2. The van der Waals surface area contributed by atoms with Crippen LogP contribution in [0.1, 0.15) is 49.1 Å². The Hall–Kier alpha value is -1.89. The van der Waals surface area contributed by atoms with Crippen LogP contribution >= 0.6 is 0 Å². The van der Waals surface area contributed by atoms with Gasteiger partial charge < -0.3 is 15.2 Å². The molecule has 136 valence electrons. The molecule has 0 radical (unpaired) electrons. The van der Waals surface area contributed by atoms with E-state index in [-0.39, 0.29) is 30.2 Å². The molecule has 2 saturated heterocycles.